The zero-order valence-electron chi connectivity index (χ0n) is 14.6. The van der Waals surface area contributed by atoms with Gasteiger partial charge in [0.05, 0.1) is 6.42 Å². The first kappa shape index (κ1) is 18.0. The van der Waals surface area contributed by atoms with Crippen molar-refractivity contribution in [2.24, 2.45) is 0 Å². The second-order valence-corrected chi connectivity index (χ2v) is 9.51. The zero-order chi connectivity index (χ0) is 18.6. The Balaban J connectivity index is 1.88. The number of ketones is 2. The van der Waals surface area contributed by atoms with Gasteiger partial charge in [0, 0.05) is 10.6 Å². The Morgan fingerprint density at radius 3 is 1.63 bits per heavy atom. The van der Waals surface area contributed by atoms with Crippen molar-refractivity contribution in [1.29, 1.82) is 0 Å². The van der Waals surface area contributed by atoms with Gasteiger partial charge in [-0.05, 0) is 32.4 Å². The molecule has 1 aliphatic rings. The van der Waals surface area contributed by atoms with Crippen LogP contribution in [-0.2, 0) is 9.59 Å². The van der Waals surface area contributed by atoms with E-state index < -0.39 is 7.92 Å². The summed E-state index contributed by atoms with van der Waals surface area (Å²) in [6, 6.07) is 30.0. The highest BCUT2D eigenvalue weighted by molar-refractivity contribution is 7.78. The second kappa shape index (κ2) is 8.09. The lowest BCUT2D eigenvalue weighted by atomic mass is 10.3. The summed E-state index contributed by atoms with van der Waals surface area (Å²) in [5.74, 6) is -0.0721. The first-order chi connectivity index (χ1) is 13.2. The highest BCUT2D eigenvalue weighted by atomic mass is 31.1. The first-order valence-corrected chi connectivity index (χ1v) is 11.0. The molecule has 27 heavy (non-hydrogen) atoms. The number of carbonyl (C=O) groups excluding carboxylic acids is 2. The predicted molar refractivity (Wildman–Crippen MR) is 114 cm³/mol. The molecule has 3 aromatic carbocycles. The van der Waals surface area contributed by atoms with E-state index in [1.807, 2.05) is 66.7 Å². The van der Waals surface area contributed by atoms with E-state index in [4.69, 9.17) is 0 Å². The van der Waals surface area contributed by atoms with Gasteiger partial charge in [-0.1, -0.05) is 91.0 Å². The summed E-state index contributed by atoms with van der Waals surface area (Å²) in [7, 11) is -0.238. The summed E-state index contributed by atoms with van der Waals surface area (Å²) in [5.41, 5.74) is 0. The van der Waals surface area contributed by atoms with Gasteiger partial charge in [-0.25, -0.2) is 0 Å². The summed E-state index contributed by atoms with van der Waals surface area (Å²) in [5, 5.41) is 4.59. The average Bonchev–Trinajstić information content (AvgIpc) is 2.98. The maximum absolute atomic E-state index is 12.9. The topological polar surface area (TPSA) is 34.1 Å². The minimum atomic E-state index is -1.05. The lowest BCUT2D eigenvalue weighted by Crippen LogP contribution is -2.15. The molecule has 0 saturated carbocycles. The lowest BCUT2D eigenvalue weighted by molar-refractivity contribution is -0.120. The third-order valence-electron chi connectivity index (χ3n) is 4.32. The Morgan fingerprint density at radius 2 is 1.11 bits per heavy atom. The molecule has 0 saturated heterocycles. The van der Waals surface area contributed by atoms with Gasteiger partial charge in [-0.3, -0.25) is 9.59 Å². The fourth-order valence-corrected chi connectivity index (χ4v) is 7.00. The summed E-state index contributed by atoms with van der Waals surface area (Å²) in [4.78, 5) is 25.6. The van der Waals surface area contributed by atoms with Crippen LogP contribution in [0.25, 0.3) is 0 Å². The molecule has 1 radical (unpaired) electrons. The molecule has 131 valence electrons. The van der Waals surface area contributed by atoms with Gasteiger partial charge >= 0.3 is 0 Å². The molecule has 2 nitrogen and oxygen atoms in total. The second-order valence-electron chi connectivity index (χ2n) is 6.17. The van der Waals surface area contributed by atoms with Crippen molar-refractivity contribution in [3.63, 3.8) is 0 Å². The van der Waals surface area contributed by atoms with Crippen molar-refractivity contribution in [2.75, 3.05) is 0 Å². The van der Waals surface area contributed by atoms with Crippen molar-refractivity contribution in [1.82, 2.24) is 0 Å². The fraction of sp³-hybridized carbons (Fsp3) is 0.0435. The molecular formula is C23H17O2P2. The number of rotatable bonds is 5. The Morgan fingerprint density at radius 1 is 0.630 bits per heavy atom. The van der Waals surface area contributed by atoms with Crippen LogP contribution in [0.5, 0.6) is 0 Å². The minimum absolute atomic E-state index is 0.0109. The van der Waals surface area contributed by atoms with E-state index in [0.29, 0.717) is 10.6 Å². The van der Waals surface area contributed by atoms with Crippen LogP contribution in [0.2, 0.25) is 0 Å². The van der Waals surface area contributed by atoms with Crippen molar-refractivity contribution in [3.05, 3.63) is 102 Å². The Labute approximate surface area is 161 Å². The van der Waals surface area contributed by atoms with Crippen molar-refractivity contribution in [2.45, 2.75) is 6.42 Å². The summed E-state index contributed by atoms with van der Waals surface area (Å²) >= 11 is 0. The first-order valence-electron chi connectivity index (χ1n) is 8.72. The normalized spacial score (nSPS) is 14.7. The van der Waals surface area contributed by atoms with Gasteiger partial charge in [0.25, 0.3) is 0 Å². The molecule has 1 aliphatic carbocycles. The predicted octanol–water partition coefficient (Wildman–Crippen LogP) is 4.14. The molecule has 0 fully saturated rings. The van der Waals surface area contributed by atoms with E-state index in [1.54, 1.807) is 0 Å². The molecule has 0 atom stereocenters. The van der Waals surface area contributed by atoms with Crippen molar-refractivity contribution >= 4 is 44.0 Å². The van der Waals surface area contributed by atoms with Crippen molar-refractivity contribution < 1.29 is 9.59 Å². The number of carbonyl (C=O) groups is 2. The van der Waals surface area contributed by atoms with Gasteiger partial charge in [0.2, 0.25) is 0 Å². The highest BCUT2D eigenvalue weighted by Crippen LogP contribution is 2.51. The Bertz CT molecular complexity index is 957. The molecule has 0 unspecified atom stereocenters. The Kier molecular flexibility index (Phi) is 5.39. The number of hydrogen-bond acceptors (Lipinski definition) is 2. The molecule has 3 aromatic rings. The number of allylic oxidation sites excluding steroid dienone is 2. The summed E-state index contributed by atoms with van der Waals surface area (Å²) < 4.78 is 0. The van der Waals surface area contributed by atoms with E-state index in [1.165, 1.54) is 0 Å². The standard InChI is InChI=1S/C23H17O2P2/c24-20-16-21(25)23(22(20)26-17-10-4-1-5-11-17)27(18-12-6-2-7-13-18)19-14-8-3-9-15-19/h1-15H,16H2. The maximum atomic E-state index is 12.9. The van der Waals surface area contributed by atoms with E-state index in [2.05, 4.69) is 24.3 Å². The van der Waals surface area contributed by atoms with Crippen LogP contribution in [0.4, 0.5) is 0 Å². The smallest absolute Gasteiger partial charge is 0.172 e. The van der Waals surface area contributed by atoms with Gasteiger partial charge in [0.1, 0.15) is 0 Å². The van der Waals surface area contributed by atoms with Crippen LogP contribution in [0, 0.1) is 0 Å². The van der Waals surface area contributed by atoms with Crippen LogP contribution in [0.3, 0.4) is 0 Å². The molecule has 0 amide bonds. The third-order valence-corrected chi connectivity index (χ3v) is 8.30. The zero-order valence-corrected chi connectivity index (χ0v) is 16.4. The molecule has 0 heterocycles. The molecule has 0 aromatic heterocycles. The van der Waals surface area contributed by atoms with Gasteiger partial charge in [-0.2, -0.15) is 0 Å². The van der Waals surface area contributed by atoms with E-state index >= 15 is 0 Å². The minimum Gasteiger partial charge on any atom is -0.294 e. The van der Waals surface area contributed by atoms with Crippen LogP contribution in [-0.4, -0.2) is 11.6 Å². The number of hydrogen-bond donors (Lipinski definition) is 0. The number of Topliss-reactive ketones (excluding diaryl/α,β-unsaturated/α-hetero) is 2. The largest absolute Gasteiger partial charge is 0.294 e. The van der Waals surface area contributed by atoms with Crippen molar-refractivity contribution in [3.8, 4) is 0 Å². The number of benzene rings is 3. The van der Waals surface area contributed by atoms with Crippen LogP contribution in [0.1, 0.15) is 6.42 Å². The molecule has 0 bridgehead atoms. The average molecular weight is 387 g/mol. The molecule has 0 aliphatic heterocycles. The molecule has 4 heteroatoms. The molecule has 4 rings (SSSR count). The van der Waals surface area contributed by atoms with Gasteiger partial charge < -0.3 is 0 Å². The SMILES string of the molecule is O=C1CC(=O)C(P(c2ccccc2)c2ccccc2)=C1[P]c1ccccc1. The van der Waals surface area contributed by atoms with E-state index in [-0.39, 0.29) is 18.0 Å². The van der Waals surface area contributed by atoms with Gasteiger partial charge in [-0.15, -0.1) is 0 Å². The fourth-order valence-electron chi connectivity index (χ4n) is 3.12. The van der Waals surface area contributed by atoms with E-state index in [0.717, 1.165) is 24.5 Å². The molecule has 0 N–H and O–H groups in total. The summed E-state index contributed by atoms with van der Waals surface area (Å²) in [6.45, 7) is 0. The summed E-state index contributed by atoms with van der Waals surface area (Å²) in [6.07, 6.45) is -0.0109. The lowest BCUT2D eigenvalue weighted by Gasteiger charge is -2.20. The maximum Gasteiger partial charge on any atom is 0.172 e. The molecular weight excluding hydrogens is 370 g/mol. The third kappa shape index (κ3) is 3.83. The highest BCUT2D eigenvalue weighted by Gasteiger charge is 2.36. The van der Waals surface area contributed by atoms with Crippen LogP contribution >= 0.6 is 16.5 Å². The Hall–Kier alpha value is -2.40. The van der Waals surface area contributed by atoms with E-state index in [9.17, 15) is 9.59 Å². The molecule has 0 spiro atoms. The quantitative estimate of drug-likeness (QED) is 0.487. The van der Waals surface area contributed by atoms with Crippen LogP contribution in [0.15, 0.2) is 102 Å². The monoisotopic (exact) mass is 387 g/mol. The van der Waals surface area contributed by atoms with Gasteiger partial charge in [0.15, 0.2) is 11.6 Å². The van der Waals surface area contributed by atoms with Crippen LogP contribution < -0.4 is 15.9 Å².